The minimum Gasteiger partial charge on any atom is -0.333 e. The van der Waals surface area contributed by atoms with Crippen LogP contribution in [-0.4, -0.2) is 14.7 Å². The molecule has 19 heavy (non-hydrogen) atoms. The first kappa shape index (κ1) is 11.9. The maximum absolute atomic E-state index is 11.3. The highest BCUT2D eigenvalue weighted by Crippen LogP contribution is 2.28. The molecule has 0 aromatic carbocycles. The van der Waals surface area contributed by atoms with Gasteiger partial charge in [0.05, 0.1) is 4.88 Å². The fourth-order valence-electron chi connectivity index (χ4n) is 1.75. The maximum Gasteiger partial charge on any atom is 0.268 e. The average molecular weight is 273 g/mol. The van der Waals surface area contributed by atoms with Gasteiger partial charge in [-0.25, -0.2) is 0 Å². The highest BCUT2D eigenvalue weighted by atomic mass is 32.1. The molecule has 0 spiro atoms. The van der Waals surface area contributed by atoms with Gasteiger partial charge < -0.3 is 9.09 Å². The zero-order valence-electron chi connectivity index (χ0n) is 10.5. The molecule has 3 aromatic heterocycles. The van der Waals surface area contributed by atoms with Crippen LogP contribution in [0.25, 0.3) is 22.2 Å². The Morgan fingerprint density at radius 3 is 2.84 bits per heavy atom. The number of thiophene rings is 1. The number of aryl methyl sites for hydroxylation is 2. The van der Waals surface area contributed by atoms with Gasteiger partial charge in [-0.15, -0.1) is 11.3 Å². The van der Waals surface area contributed by atoms with Crippen molar-refractivity contribution < 1.29 is 4.52 Å². The van der Waals surface area contributed by atoms with Crippen molar-refractivity contribution in [3.8, 4) is 22.2 Å². The van der Waals surface area contributed by atoms with Crippen molar-refractivity contribution in [1.82, 2.24) is 14.7 Å². The lowest BCUT2D eigenvalue weighted by Crippen LogP contribution is -2.14. The van der Waals surface area contributed by atoms with Crippen LogP contribution in [0.3, 0.4) is 0 Å². The van der Waals surface area contributed by atoms with Crippen LogP contribution in [0, 0.1) is 6.92 Å². The molecule has 0 amide bonds. The number of aromatic nitrogens is 3. The van der Waals surface area contributed by atoms with Crippen LogP contribution in [0.1, 0.15) is 5.56 Å². The molecule has 0 N–H and O–H groups in total. The zero-order chi connectivity index (χ0) is 13.4. The molecule has 5 nitrogen and oxygen atoms in total. The maximum atomic E-state index is 11.3. The Bertz CT molecular complexity index is 785. The number of pyridine rings is 1. The van der Waals surface area contributed by atoms with Crippen molar-refractivity contribution in [2.24, 2.45) is 7.05 Å². The van der Waals surface area contributed by atoms with Crippen LogP contribution in [0.4, 0.5) is 0 Å². The van der Waals surface area contributed by atoms with Gasteiger partial charge in [0.15, 0.2) is 0 Å². The lowest BCUT2D eigenvalue weighted by atomic mass is 10.2. The van der Waals surface area contributed by atoms with Crippen LogP contribution in [-0.2, 0) is 7.05 Å². The van der Waals surface area contributed by atoms with Crippen LogP contribution in [0.2, 0.25) is 0 Å². The van der Waals surface area contributed by atoms with Gasteiger partial charge in [-0.05, 0) is 30.0 Å². The molecule has 3 heterocycles. The normalized spacial score (nSPS) is 10.8. The quantitative estimate of drug-likeness (QED) is 0.719. The first-order valence-electron chi connectivity index (χ1n) is 5.70. The van der Waals surface area contributed by atoms with Gasteiger partial charge in [0.25, 0.3) is 5.89 Å². The molecule has 0 unspecified atom stereocenters. The standard InChI is InChI=1S/C13H11N3O2S/c1-8-5-6-19-11(8)13-14-12(15-18-13)9-3-4-10(17)16(2)7-9/h3-7H,1-2H3. The van der Waals surface area contributed by atoms with E-state index in [4.69, 9.17) is 4.52 Å². The molecule has 96 valence electrons. The van der Waals surface area contributed by atoms with Gasteiger partial charge in [0.2, 0.25) is 11.4 Å². The van der Waals surface area contributed by atoms with Crippen molar-refractivity contribution in [3.05, 3.63) is 45.7 Å². The van der Waals surface area contributed by atoms with E-state index in [1.165, 1.54) is 10.6 Å². The summed E-state index contributed by atoms with van der Waals surface area (Å²) in [4.78, 5) is 16.7. The molecule has 0 fully saturated rings. The lowest BCUT2D eigenvalue weighted by molar-refractivity contribution is 0.433. The summed E-state index contributed by atoms with van der Waals surface area (Å²) in [5, 5.41) is 5.95. The van der Waals surface area contributed by atoms with Gasteiger partial charge in [-0.1, -0.05) is 5.16 Å². The monoisotopic (exact) mass is 273 g/mol. The third-order valence-electron chi connectivity index (χ3n) is 2.83. The highest BCUT2D eigenvalue weighted by Gasteiger charge is 2.13. The lowest BCUT2D eigenvalue weighted by Gasteiger charge is -1.97. The summed E-state index contributed by atoms with van der Waals surface area (Å²) in [7, 11) is 1.69. The predicted octanol–water partition coefficient (Wildman–Crippen LogP) is 2.47. The van der Waals surface area contributed by atoms with Gasteiger partial charge in [-0.2, -0.15) is 4.98 Å². The van der Waals surface area contributed by atoms with Crippen molar-refractivity contribution in [2.45, 2.75) is 6.92 Å². The molecule has 3 rings (SSSR count). The van der Waals surface area contributed by atoms with Gasteiger partial charge >= 0.3 is 0 Å². The van der Waals surface area contributed by atoms with Crippen LogP contribution in [0.5, 0.6) is 0 Å². The fraction of sp³-hybridized carbons (Fsp3) is 0.154. The van der Waals surface area contributed by atoms with Crippen LogP contribution >= 0.6 is 11.3 Å². The van der Waals surface area contributed by atoms with Crippen molar-refractivity contribution >= 4 is 11.3 Å². The summed E-state index contributed by atoms with van der Waals surface area (Å²) in [6.45, 7) is 2.00. The van der Waals surface area contributed by atoms with E-state index in [9.17, 15) is 4.79 Å². The Kier molecular flexibility index (Phi) is 2.79. The van der Waals surface area contributed by atoms with E-state index in [1.807, 2.05) is 18.4 Å². The molecule has 0 aliphatic rings. The van der Waals surface area contributed by atoms with Gasteiger partial charge in [0, 0.05) is 24.9 Å². The summed E-state index contributed by atoms with van der Waals surface area (Å²) < 4.78 is 6.76. The van der Waals surface area contributed by atoms with E-state index in [2.05, 4.69) is 10.1 Å². The molecule has 0 aliphatic heterocycles. The van der Waals surface area contributed by atoms with Crippen LogP contribution in [0.15, 0.2) is 39.1 Å². The van der Waals surface area contributed by atoms with E-state index in [1.54, 1.807) is 30.6 Å². The zero-order valence-corrected chi connectivity index (χ0v) is 11.3. The topological polar surface area (TPSA) is 60.9 Å². The van der Waals surface area contributed by atoms with Crippen molar-refractivity contribution in [2.75, 3.05) is 0 Å². The number of rotatable bonds is 2. The van der Waals surface area contributed by atoms with E-state index < -0.39 is 0 Å². The Morgan fingerprint density at radius 1 is 1.32 bits per heavy atom. The highest BCUT2D eigenvalue weighted by molar-refractivity contribution is 7.13. The van der Waals surface area contributed by atoms with E-state index in [0.29, 0.717) is 11.7 Å². The minimum atomic E-state index is -0.0680. The molecule has 6 heteroatoms. The first-order valence-corrected chi connectivity index (χ1v) is 6.58. The van der Waals surface area contributed by atoms with Gasteiger partial charge in [-0.3, -0.25) is 4.79 Å². The summed E-state index contributed by atoms with van der Waals surface area (Å²) in [6.07, 6.45) is 1.69. The summed E-state index contributed by atoms with van der Waals surface area (Å²) >= 11 is 1.57. The molecule has 0 atom stereocenters. The largest absolute Gasteiger partial charge is 0.333 e. The second-order valence-electron chi connectivity index (χ2n) is 4.22. The second kappa shape index (κ2) is 4.47. The molecule has 3 aromatic rings. The number of hydrogen-bond acceptors (Lipinski definition) is 5. The molecule has 0 saturated carbocycles. The summed E-state index contributed by atoms with van der Waals surface area (Å²) in [5.74, 6) is 0.995. The number of hydrogen-bond donors (Lipinski definition) is 0. The molecule has 0 saturated heterocycles. The molecule has 0 radical (unpaired) electrons. The SMILES string of the molecule is Cc1ccsc1-c1nc(-c2ccc(=O)n(C)c2)no1. The summed E-state index contributed by atoms with van der Waals surface area (Å²) in [6, 6.07) is 5.19. The minimum absolute atomic E-state index is 0.0680. The Labute approximate surface area is 113 Å². The van der Waals surface area contributed by atoms with E-state index >= 15 is 0 Å². The Hall–Kier alpha value is -2.21. The predicted molar refractivity (Wildman–Crippen MR) is 73.0 cm³/mol. The third-order valence-corrected chi connectivity index (χ3v) is 3.83. The van der Waals surface area contributed by atoms with Crippen molar-refractivity contribution in [3.63, 3.8) is 0 Å². The second-order valence-corrected chi connectivity index (χ2v) is 5.14. The smallest absolute Gasteiger partial charge is 0.268 e. The van der Waals surface area contributed by atoms with Crippen molar-refractivity contribution in [1.29, 1.82) is 0 Å². The third kappa shape index (κ3) is 2.10. The first-order chi connectivity index (χ1) is 9.15. The Balaban J connectivity index is 2.04. The van der Waals surface area contributed by atoms with Gasteiger partial charge in [0.1, 0.15) is 0 Å². The van der Waals surface area contributed by atoms with E-state index in [0.717, 1.165) is 16.0 Å². The fourth-order valence-corrected chi connectivity index (χ4v) is 2.60. The molecule has 0 bridgehead atoms. The molecule has 0 aliphatic carbocycles. The van der Waals surface area contributed by atoms with E-state index in [-0.39, 0.29) is 5.56 Å². The molecular weight excluding hydrogens is 262 g/mol. The Morgan fingerprint density at radius 2 is 2.16 bits per heavy atom. The summed E-state index contributed by atoms with van der Waals surface area (Å²) in [5.41, 5.74) is 1.80. The van der Waals surface area contributed by atoms with Crippen LogP contribution < -0.4 is 5.56 Å². The number of nitrogens with zero attached hydrogens (tertiary/aromatic N) is 3. The average Bonchev–Trinajstić information content (AvgIpc) is 3.01. The molecular formula is C13H11N3O2S.